The van der Waals surface area contributed by atoms with Gasteiger partial charge in [0.25, 0.3) is 0 Å². The standard InChI is InChI=1S/C20H20ClN3O2S2/c21-14-7-3-1-5-12(14)9-22-19-18-13-6-2-4-8-15(13)28-20(18)24-16(23-19)10-27-11-17(25)26/h1,3,5,7H,2,4,6,8-11H2,(H,25,26)(H,22,23,24). The zero-order chi connectivity index (χ0) is 19.5. The molecule has 8 heteroatoms. The number of hydrogen-bond donors (Lipinski definition) is 2. The van der Waals surface area contributed by atoms with Crippen LogP contribution in [0.5, 0.6) is 0 Å². The second-order valence-corrected chi connectivity index (χ2v) is 9.19. The Bertz CT molecular complexity index is 1020. The Labute approximate surface area is 176 Å². The van der Waals surface area contributed by atoms with E-state index in [0.717, 1.165) is 39.5 Å². The molecule has 0 saturated heterocycles. The van der Waals surface area contributed by atoms with Crippen LogP contribution in [0.4, 0.5) is 5.82 Å². The molecule has 2 heterocycles. The van der Waals surface area contributed by atoms with Gasteiger partial charge in [0.05, 0.1) is 16.9 Å². The fourth-order valence-electron chi connectivity index (χ4n) is 3.44. The van der Waals surface area contributed by atoms with Crippen molar-refractivity contribution in [2.45, 2.75) is 38.0 Å². The molecular formula is C20H20ClN3O2S2. The number of nitrogens with one attached hydrogen (secondary N) is 1. The molecule has 146 valence electrons. The molecule has 0 radical (unpaired) electrons. The van der Waals surface area contributed by atoms with Crippen LogP contribution in [0.2, 0.25) is 5.02 Å². The van der Waals surface area contributed by atoms with Gasteiger partial charge in [-0.1, -0.05) is 29.8 Å². The van der Waals surface area contributed by atoms with Gasteiger partial charge in [0.1, 0.15) is 16.5 Å². The number of carboxylic acid groups (broad SMARTS) is 1. The third-order valence-electron chi connectivity index (χ3n) is 4.72. The Morgan fingerprint density at radius 1 is 1.25 bits per heavy atom. The third-order valence-corrected chi connectivity index (χ3v) is 7.19. The van der Waals surface area contributed by atoms with Gasteiger partial charge in [0.15, 0.2) is 0 Å². The van der Waals surface area contributed by atoms with Crippen molar-refractivity contribution < 1.29 is 9.90 Å². The molecule has 2 N–H and O–H groups in total. The van der Waals surface area contributed by atoms with Gasteiger partial charge in [-0.3, -0.25) is 4.79 Å². The van der Waals surface area contributed by atoms with Crippen molar-refractivity contribution >= 4 is 56.7 Å². The van der Waals surface area contributed by atoms with Gasteiger partial charge >= 0.3 is 5.97 Å². The number of carbonyl (C=O) groups is 1. The number of carboxylic acids is 1. The van der Waals surface area contributed by atoms with Crippen LogP contribution in [0.1, 0.15) is 34.7 Å². The molecule has 1 aliphatic carbocycles. The summed E-state index contributed by atoms with van der Waals surface area (Å²) in [5, 5.41) is 14.2. The lowest BCUT2D eigenvalue weighted by Crippen LogP contribution is -2.07. The van der Waals surface area contributed by atoms with Gasteiger partial charge in [-0.2, -0.15) is 0 Å². The number of anilines is 1. The van der Waals surface area contributed by atoms with Crippen LogP contribution >= 0.6 is 34.7 Å². The average Bonchev–Trinajstić information content (AvgIpc) is 3.05. The van der Waals surface area contributed by atoms with E-state index in [1.54, 1.807) is 11.3 Å². The van der Waals surface area contributed by atoms with Crippen molar-refractivity contribution in [3.63, 3.8) is 0 Å². The summed E-state index contributed by atoms with van der Waals surface area (Å²) in [4.78, 5) is 22.7. The minimum atomic E-state index is -0.824. The first-order valence-corrected chi connectivity index (χ1v) is 11.5. The van der Waals surface area contributed by atoms with E-state index in [4.69, 9.17) is 26.7 Å². The van der Waals surface area contributed by atoms with Gasteiger partial charge in [-0.25, -0.2) is 9.97 Å². The smallest absolute Gasteiger partial charge is 0.313 e. The number of thiophene rings is 1. The summed E-state index contributed by atoms with van der Waals surface area (Å²) in [5.74, 6) is 1.19. The molecule has 2 aromatic heterocycles. The van der Waals surface area contributed by atoms with Crippen molar-refractivity contribution in [2.75, 3.05) is 11.1 Å². The lowest BCUT2D eigenvalue weighted by molar-refractivity contribution is -0.133. The fraction of sp³-hybridized carbons (Fsp3) is 0.350. The lowest BCUT2D eigenvalue weighted by atomic mass is 9.97. The maximum atomic E-state index is 10.8. The molecule has 4 rings (SSSR count). The topological polar surface area (TPSA) is 75.1 Å². The summed E-state index contributed by atoms with van der Waals surface area (Å²) >= 11 is 9.37. The van der Waals surface area contributed by atoms with E-state index in [1.165, 1.54) is 35.0 Å². The number of nitrogens with zero attached hydrogens (tertiary/aromatic N) is 2. The summed E-state index contributed by atoms with van der Waals surface area (Å²) in [7, 11) is 0. The van der Waals surface area contributed by atoms with Crippen molar-refractivity contribution in [2.24, 2.45) is 0 Å². The number of thioether (sulfide) groups is 1. The predicted octanol–water partition coefficient (Wildman–Crippen LogP) is 5.15. The van der Waals surface area contributed by atoms with Crippen LogP contribution in [0.15, 0.2) is 24.3 Å². The van der Waals surface area contributed by atoms with Crippen LogP contribution in [-0.4, -0.2) is 26.8 Å². The fourth-order valence-corrected chi connectivity index (χ4v) is 5.52. The van der Waals surface area contributed by atoms with Crippen molar-refractivity contribution in [1.82, 2.24) is 9.97 Å². The monoisotopic (exact) mass is 433 g/mol. The highest BCUT2D eigenvalue weighted by Gasteiger charge is 2.21. The van der Waals surface area contributed by atoms with Crippen molar-refractivity contribution in [3.8, 4) is 0 Å². The average molecular weight is 434 g/mol. The quantitative estimate of drug-likeness (QED) is 0.536. The summed E-state index contributed by atoms with van der Waals surface area (Å²) in [5.41, 5.74) is 2.39. The zero-order valence-corrected chi connectivity index (χ0v) is 17.6. The number of aromatic nitrogens is 2. The molecule has 1 aliphatic rings. The van der Waals surface area contributed by atoms with Crippen LogP contribution < -0.4 is 5.32 Å². The molecule has 0 saturated carbocycles. The SMILES string of the molecule is O=C(O)CSCc1nc(NCc2ccccc2Cl)c2c3c(sc2n1)CCCC3. The molecule has 0 unspecified atom stereocenters. The highest BCUT2D eigenvalue weighted by Crippen LogP contribution is 2.39. The van der Waals surface area contributed by atoms with Crippen LogP contribution in [0.3, 0.4) is 0 Å². The lowest BCUT2D eigenvalue weighted by Gasteiger charge is -2.14. The molecule has 0 atom stereocenters. The van der Waals surface area contributed by atoms with E-state index in [9.17, 15) is 4.79 Å². The molecule has 28 heavy (non-hydrogen) atoms. The maximum Gasteiger partial charge on any atom is 0.313 e. The van der Waals surface area contributed by atoms with E-state index in [0.29, 0.717) is 18.1 Å². The number of hydrogen-bond acceptors (Lipinski definition) is 6. The number of rotatable bonds is 7. The number of aryl methyl sites for hydroxylation is 2. The number of fused-ring (bicyclic) bond motifs is 3. The number of aliphatic carboxylic acids is 1. The first kappa shape index (κ1) is 19.5. The molecule has 5 nitrogen and oxygen atoms in total. The summed E-state index contributed by atoms with van der Waals surface area (Å²) < 4.78 is 0. The van der Waals surface area contributed by atoms with Gasteiger partial charge in [0, 0.05) is 16.4 Å². The minimum absolute atomic E-state index is 0.0464. The minimum Gasteiger partial charge on any atom is -0.481 e. The van der Waals surface area contributed by atoms with Gasteiger partial charge in [0.2, 0.25) is 0 Å². The van der Waals surface area contributed by atoms with E-state index >= 15 is 0 Å². The van der Waals surface area contributed by atoms with Gasteiger partial charge in [-0.15, -0.1) is 23.1 Å². The zero-order valence-electron chi connectivity index (χ0n) is 15.2. The molecule has 1 aromatic carbocycles. The largest absolute Gasteiger partial charge is 0.481 e. The van der Waals surface area contributed by atoms with E-state index in [-0.39, 0.29) is 5.75 Å². The maximum absolute atomic E-state index is 10.8. The summed E-state index contributed by atoms with van der Waals surface area (Å²) in [6.07, 6.45) is 4.58. The highest BCUT2D eigenvalue weighted by molar-refractivity contribution is 7.99. The molecular weight excluding hydrogens is 414 g/mol. The van der Waals surface area contributed by atoms with Crippen LogP contribution in [-0.2, 0) is 29.9 Å². The molecule has 0 bridgehead atoms. The van der Waals surface area contributed by atoms with E-state index in [1.807, 2.05) is 24.3 Å². The molecule has 0 aliphatic heterocycles. The van der Waals surface area contributed by atoms with Gasteiger partial charge < -0.3 is 10.4 Å². The molecule has 0 fully saturated rings. The summed E-state index contributed by atoms with van der Waals surface area (Å²) in [6, 6.07) is 7.77. The highest BCUT2D eigenvalue weighted by atomic mass is 35.5. The molecule has 3 aromatic rings. The Morgan fingerprint density at radius 3 is 2.89 bits per heavy atom. The Morgan fingerprint density at radius 2 is 2.07 bits per heavy atom. The second kappa shape index (κ2) is 8.68. The van der Waals surface area contributed by atoms with Crippen molar-refractivity contribution in [3.05, 3.63) is 51.1 Å². The number of halogens is 1. The van der Waals surface area contributed by atoms with Crippen LogP contribution in [0.25, 0.3) is 10.2 Å². The third kappa shape index (κ3) is 4.26. The first-order valence-electron chi connectivity index (χ1n) is 9.20. The van der Waals surface area contributed by atoms with Crippen LogP contribution in [0, 0.1) is 0 Å². The number of benzene rings is 1. The second-order valence-electron chi connectivity index (χ2n) is 6.71. The van der Waals surface area contributed by atoms with Gasteiger partial charge in [-0.05, 0) is 42.9 Å². The van der Waals surface area contributed by atoms with E-state index < -0.39 is 5.97 Å². The Hall–Kier alpha value is -1.83. The molecule has 0 spiro atoms. The first-order chi connectivity index (χ1) is 13.6. The van der Waals surface area contributed by atoms with Crippen molar-refractivity contribution in [1.29, 1.82) is 0 Å². The normalized spacial score (nSPS) is 13.5. The van der Waals surface area contributed by atoms with E-state index in [2.05, 4.69) is 5.32 Å². The Balaban J connectivity index is 1.67. The summed E-state index contributed by atoms with van der Waals surface area (Å²) in [6.45, 7) is 0.581. The predicted molar refractivity (Wildman–Crippen MR) is 117 cm³/mol. The Kier molecular flexibility index (Phi) is 6.04. The molecule has 0 amide bonds.